The van der Waals surface area contributed by atoms with Crippen LogP contribution in [0.25, 0.3) is 0 Å². The molecule has 0 aromatic heterocycles. The van der Waals surface area contributed by atoms with Gasteiger partial charge in [0.25, 0.3) is 0 Å². The Morgan fingerprint density at radius 2 is 1.65 bits per heavy atom. The summed E-state index contributed by atoms with van der Waals surface area (Å²) in [6.07, 6.45) is 4.17. The molecule has 2 aromatic rings. The largest absolute Gasteiger partial charge is 0.444 e. The first-order chi connectivity index (χ1) is 20.5. The van der Waals surface area contributed by atoms with Crippen molar-refractivity contribution in [3.8, 4) is 0 Å². The van der Waals surface area contributed by atoms with Gasteiger partial charge in [-0.15, -0.1) is 0 Å². The third-order valence-electron chi connectivity index (χ3n) is 8.89. The molecule has 2 aliphatic rings. The number of nitrogens with one attached hydrogen (secondary N) is 1. The minimum Gasteiger partial charge on any atom is -0.444 e. The highest BCUT2D eigenvalue weighted by atomic mass is 19.1. The molecule has 0 bridgehead atoms. The topological polar surface area (TPSA) is 51.3 Å². The Morgan fingerprint density at radius 1 is 0.953 bits per heavy atom. The second-order valence-electron chi connectivity index (χ2n) is 13.6. The number of unbranched alkanes of at least 4 members (excludes halogenated alkanes) is 3. The molecule has 2 saturated heterocycles. The first-order valence-corrected chi connectivity index (χ1v) is 16.2. The number of piperazine rings is 1. The summed E-state index contributed by atoms with van der Waals surface area (Å²) in [5, 5.41) is 2.85. The van der Waals surface area contributed by atoms with Gasteiger partial charge in [0.05, 0.1) is 0 Å². The van der Waals surface area contributed by atoms with Crippen LogP contribution in [0, 0.1) is 12.7 Å². The van der Waals surface area contributed by atoms with Gasteiger partial charge >= 0.3 is 6.09 Å². The SMILES string of the molecule is Cc1cccc(F)c1CN1C[C@H](c2ccc(N3CCN(CCCCCCNC(=O)OC(C)(C)C)CC3)cc2)[C@@H](N(C)C)C1. The zero-order valence-corrected chi connectivity index (χ0v) is 27.4. The number of likely N-dealkylation sites (N-methyl/N-ethyl adjacent to an activating group) is 1. The number of anilines is 1. The number of carbonyl (C=O) groups excluding carboxylic acids is 1. The molecule has 1 amide bonds. The molecule has 2 heterocycles. The third-order valence-corrected chi connectivity index (χ3v) is 8.89. The molecule has 238 valence electrons. The van der Waals surface area contributed by atoms with E-state index in [2.05, 4.69) is 63.3 Å². The van der Waals surface area contributed by atoms with E-state index in [1.54, 1.807) is 12.1 Å². The Hall–Kier alpha value is -2.68. The molecule has 7 nitrogen and oxygen atoms in total. The summed E-state index contributed by atoms with van der Waals surface area (Å²) >= 11 is 0. The molecule has 0 radical (unpaired) electrons. The van der Waals surface area contributed by atoms with Gasteiger partial charge in [0.1, 0.15) is 11.4 Å². The molecule has 2 aromatic carbocycles. The van der Waals surface area contributed by atoms with Crippen molar-refractivity contribution in [2.75, 3.05) is 71.4 Å². The van der Waals surface area contributed by atoms with Crippen molar-refractivity contribution in [1.29, 1.82) is 0 Å². The quantitative estimate of drug-likeness (QED) is 0.310. The molecular formula is C35H54FN5O2. The van der Waals surface area contributed by atoms with E-state index in [0.717, 1.165) is 69.8 Å². The number of amides is 1. The lowest BCUT2D eigenvalue weighted by molar-refractivity contribution is 0.0527. The number of alkyl carbamates (subject to hydrolysis) is 1. The van der Waals surface area contributed by atoms with Crippen molar-refractivity contribution in [3.63, 3.8) is 0 Å². The van der Waals surface area contributed by atoms with Gasteiger partial charge in [0.2, 0.25) is 0 Å². The molecule has 2 atom stereocenters. The summed E-state index contributed by atoms with van der Waals surface area (Å²) in [5.74, 6) is 0.306. The number of nitrogens with zero attached hydrogens (tertiary/aromatic N) is 4. The van der Waals surface area contributed by atoms with E-state index in [-0.39, 0.29) is 11.9 Å². The van der Waals surface area contributed by atoms with Crippen LogP contribution in [-0.4, -0.2) is 98.9 Å². The van der Waals surface area contributed by atoms with Gasteiger partial charge in [-0.25, -0.2) is 9.18 Å². The van der Waals surface area contributed by atoms with Gasteiger partial charge in [-0.2, -0.15) is 0 Å². The van der Waals surface area contributed by atoms with Crippen LogP contribution in [-0.2, 0) is 11.3 Å². The zero-order valence-electron chi connectivity index (χ0n) is 27.4. The standard InChI is InChI=1S/C35H54FN5O2/c1-27-12-11-13-32(36)30(27)24-40-25-31(33(26-40)38(5)6)28-14-16-29(17-15-28)41-22-20-39(21-23-41)19-10-8-7-9-18-37-34(42)43-35(2,3)4/h11-17,31,33H,7-10,18-26H2,1-6H3,(H,37,42)/t31-,33+/m1/s1. The summed E-state index contributed by atoms with van der Waals surface area (Å²) in [7, 11) is 4.32. The highest BCUT2D eigenvalue weighted by Crippen LogP contribution is 2.33. The lowest BCUT2D eigenvalue weighted by Crippen LogP contribution is -2.46. The lowest BCUT2D eigenvalue weighted by Gasteiger charge is -2.36. The maximum Gasteiger partial charge on any atom is 0.407 e. The van der Waals surface area contributed by atoms with Crippen molar-refractivity contribution in [3.05, 3.63) is 65.0 Å². The minimum absolute atomic E-state index is 0.0982. The summed E-state index contributed by atoms with van der Waals surface area (Å²) in [6, 6.07) is 15.0. The smallest absolute Gasteiger partial charge is 0.407 e. The van der Waals surface area contributed by atoms with Crippen molar-refractivity contribution < 1.29 is 13.9 Å². The first-order valence-electron chi connectivity index (χ1n) is 16.2. The van der Waals surface area contributed by atoms with Crippen molar-refractivity contribution in [2.24, 2.45) is 0 Å². The zero-order chi connectivity index (χ0) is 31.0. The summed E-state index contributed by atoms with van der Waals surface area (Å²) < 4.78 is 19.8. The molecule has 0 aliphatic carbocycles. The Labute approximate surface area is 259 Å². The Morgan fingerprint density at radius 3 is 2.30 bits per heavy atom. The van der Waals surface area contributed by atoms with E-state index < -0.39 is 5.60 Å². The van der Waals surface area contributed by atoms with Crippen molar-refractivity contribution in [1.82, 2.24) is 20.0 Å². The average molecular weight is 596 g/mol. The number of carbonyl (C=O) groups is 1. The molecule has 2 aliphatic heterocycles. The maximum absolute atomic E-state index is 14.5. The fourth-order valence-corrected chi connectivity index (χ4v) is 6.42. The number of likely N-dealkylation sites (tertiary alicyclic amines) is 1. The van der Waals surface area contributed by atoms with Gasteiger partial charge in [-0.3, -0.25) is 9.80 Å². The number of halogens is 1. The monoisotopic (exact) mass is 595 g/mol. The minimum atomic E-state index is -0.447. The van der Waals surface area contributed by atoms with Gasteiger partial charge in [0, 0.05) is 75.6 Å². The third kappa shape index (κ3) is 9.91. The summed E-state index contributed by atoms with van der Waals surface area (Å²) in [6.45, 7) is 16.3. The van der Waals surface area contributed by atoms with Crippen LogP contribution < -0.4 is 10.2 Å². The van der Waals surface area contributed by atoms with Crippen molar-refractivity contribution >= 4 is 11.8 Å². The van der Waals surface area contributed by atoms with Crippen molar-refractivity contribution in [2.45, 2.75) is 77.5 Å². The van der Waals surface area contributed by atoms with Crippen LogP contribution in [0.15, 0.2) is 42.5 Å². The van der Waals surface area contributed by atoms with Gasteiger partial charge in [-0.05, 0) is 90.5 Å². The predicted octanol–water partition coefficient (Wildman–Crippen LogP) is 5.87. The molecule has 43 heavy (non-hydrogen) atoms. The second-order valence-corrected chi connectivity index (χ2v) is 13.6. The Kier molecular flexibility index (Phi) is 11.9. The molecular weight excluding hydrogens is 541 g/mol. The summed E-state index contributed by atoms with van der Waals surface area (Å²) in [4.78, 5) is 21.6. The fraction of sp³-hybridized carbons (Fsp3) is 0.629. The van der Waals surface area contributed by atoms with Gasteiger partial charge < -0.3 is 19.9 Å². The number of ether oxygens (including phenoxy) is 1. The van der Waals surface area contributed by atoms with E-state index in [1.165, 1.54) is 24.1 Å². The van der Waals surface area contributed by atoms with E-state index in [9.17, 15) is 9.18 Å². The fourth-order valence-electron chi connectivity index (χ4n) is 6.42. The molecule has 2 fully saturated rings. The van der Waals surface area contributed by atoms with E-state index in [0.29, 0.717) is 25.0 Å². The first kappa shape index (κ1) is 33.2. The maximum atomic E-state index is 14.5. The van der Waals surface area contributed by atoms with Crippen LogP contribution >= 0.6 is 0 Å². The van der Waals surface area contributed by atoms with Crippen LogP contribution in [0.1, 0.15) is 69.1 Å². The van der Waals surface area contributed by atoms with E-state index in [1.807, 2.05) is 33.8 Å². The highest BCUT2D eigenvalue weighted by Gasteiger charge is 2.35. The number of benzene rings is 2. The Bertz CT molecular complexity index is 1140. The van der Waals surface area contributed by atoms with Crippen LogP contribution in [0.4, 0.5) is 14.9 Å². The highest BCUT2D eigenvalue weighted by molar-refractivity contribution is 5.67. The number of hydrogen-bond acceptors (Lipinski definition) is 6. The molecule has 4 rings (SSSR count). The summed E-state index contributed by atoms with van der Waals surface area (Å²) in [5.41, 5.74) is 4.08. The average Bonchev–Trinajstić information content (AvgIpc) is 3.38. The van der Waals surface area contributed by atoms with Gasteiger partial charge in [0.15, 0.2) is 0 Å². The van der Waals surface area contributed by atoms with E-state index in [4.69, 9.17) is 4.74 Å². The van der Waals surface area contributed by atoms with Crippen LogP contribution in [0.2, 0.25) is 0 Å². The molecule has 0 saturated carbocycles. The predicted molar refractivity (Wildman–Crippen MR) is 174 cm³/mol. The van der Waals surface area contributed by atoms with Crippen LogP contribution in [0.5, 0.6) is 0 Å². The second kappa shape index (κ2) is 15.4. The Balaban J connectivity index is 1.18. The number of aryl methyl sites for hydroxylation is 1. The molecule has 0 unspecified atom stereocenters. The number of rotatable bonds is 12. The lowest BCUT2D eigenvalue weighted by atomic mass is 9.93. The molecule has 1 N–H and O–H groups in total. The molecule has 0 spiro atoms. The van der Waals surface area contributed by atoms with E-state index >= 15 is 0 Å². The van der Waals surface area contributed by atoms with Gasteiger partial charge in [-0.1, -0.05) is 37.1 Å². The number of hydrogen-bond donors (Lipinski definition) is 1. The molecule has 8 heteroatoms. The normalized spacial score (nSPS) is 20.1. The van der Waals surface area contributed by atoms with Crippen LogP contribution in [0.3, 0.4) is 0 Å².